The third kappa shape index (κ3) is 1.96. The Morgan fingerprint density at radius 2 is 1.79 bits per heavy atom. The van der Waals surface area contributed by atoms with E-state index in [1.165, 1.54) is 32.2 Å². The highest BCUT2D eigenvalue weighted by molar-refractivity contribution is 4.95. The first kappa shape index (κ1) is 10.4. The lowest BCUT2D eigenvalue weighted by Gasteiger charge is -2.38. The van der Waals surface area contributed by atoms with Gasteiger partial charge in [0.15, 0.2) is 0 Å². The second-order valence-electron chi connectivity index (χ2n) is 4.99. The molecule has 0 saturated carbocycles. The van der Waals surface area contributed by atoms with Crippen LogP contribution in [0.2, 0.25) is 0 Å². The molecule has 82 valence electrons. The van der Waals surface area contributed by atoms with Crippen LogP contribution in [0.15, 0.2) is 0 Å². The van der Waals surface area contributed by atoms with Gasteiger partial charge in [-0.1, -0.05) is 6.92 Å². The summed E-state index contributed by atoms with van der Waals surface area (Å²) in [6, 6.07) is 1.64. The Bertz CT molecular complexity index is 179. The predicted octanol–water partition coefficient (Wildman–Crippen LogP) is 2.43. The Hall–Kier alpha value is -0.0800. The number of fused-ring (bicyclic) bond motifs is 2. The summed E-state index contributed by atoms with van der Waals surface area (Å²) in [6.45, 7) is 7.81. The van der Waals surface area contributed by atoms with Crippen molar-refractivity contribution < 1.29 is 4.74 Å². The Morgan fingerprint density at radius 3 is 2.21 bits per heavy atom. The standard InChI is InChI=1S/C12H23NO/c1-4-13-10-5-6-11(13)8-12(7-10)14-9(2)3/h9-12H,4-8H2,1-3H3. The lowest BCUT2D eigenvalue weighted by atomic mass is 9.99. The molecular formula is C12H23NO. The van der Waals surface area contributed by atoms with Gasteiger partial charge in [0.05, 0.1) is 12.2 Å². The van der Waals surface area contributed by atoms with Gasteiger partial charge in [-0.05, 0) is 46.1 Å². The molecule has 2 saturated heterocycles. The van der Waals surface area contributed by atoms with Crippen molar-refractivity contribution in [1.29, 1.82) is 0 Å². The van der Waals surface area contributed by atoms with Crippen LogP contribution in [0.1, 0.15) is 46.5 Å². The van der Waals surface area contributed by atoms with Crippen LogP contribution in [0, 0.1) is 0 Å². The van der Waals surface area contributed by atoms with Gasteiger partial charge in [-0.3, -0.25) is 4.90 Å². The molecule has 2 aliphatic heterocycles. The van der Waals surface area contributed by atoms with Crippen LogP contribution >= 0.6 is 0 Å². The fourth-order valence-electron chi connectivity index (χ4n) is 3.24. The molecule has 2 unspecified atom stereocenters. The average molecular weight is 197 g/mol. The topological polar surface area (TPSA) is 12.5 Å². The van der Waals surface area contributed by atoms with Crippen LogP contribution in [-0.4, -0.2) is 35.7 Å². The van der Waals surface area contributed by atoms with E-state index in [1.54, 1.807) is 0 Å². The van der Waals surface area contributed by atoms with E-state index in [4.69, 9.17) is 4.74 Å². The zero-order valence-electron chi connectivity index (χ0n) is 9.70. The molecule has 0 aromatic heterocycles. The second-order valence-corrected chi connectivity index (χ2v) is 4.99. The molecule has 2 nitrogen and oxygen atoms in total. The molecule has 0 aromatic carbocycles. The van der Waals surface area contributed by atoms with Crippen molar-refractivity contribution in [2.45, 2.75) is 70.7 Å². The van der Waals surface area contributed by atoms with Crippen LogP contribution in [0.5, 0.6) is 0 Å². The first-order valence-corrected chi connectivity index (χ1v) is 6.12. The predicted molar refractivity (Wildman–Crippen MR) is 58.4 cm³/mol. The Morgan fingerprint density at radius 1 is 1.21 bits per heavy atom. The zero-order valence-corrected chi connectivity index (χ0v) is 9.70. The first-order valence-electron chi connectivity index (χ1n) is 6.12. The van der Waals surface area contributed by atoms with Gasteiger partial charge in [0, 0.05) is 12.1 Å². The maximum atomic E-state index is 5.94. The third-order valence-corrected chi connectivity index (χ3v) is 3.67. The van der Waals surface area contributed by atoms with E-state index in [0.717, 1.165) is 12.1 Å². The molecule has 14 heavy (non-hydrogen) atoms. The minimum atomic E-state index is 0.396. The summed E-state index contributed by atoms with van der Waals surface area (Å²) < 4.78 is 5.94. The van der Waals surface area contributed by atoms with Crippen molar-refractivity contribution in [1.82, 2.24) is 4.90 Å². The molecular weight excluding hydrogens is 174 g/mol. The zero-order chi connectivity index (χ0) is 10.1. The van der Waals surface area contributed by atoms with Crippen LogP contribution in [-0.2, 0) is 4.74 Å². The monoisotopic (exact) mass is 197 g/mol. The quantitative estimate of drug-likeness (QED) is 0.689. The largest absolute Gasteiger partial charge is 0.375 e. The average Bonchev–Trinajstić information content (AvgIpc) is 2.36. The van der Waals surface area contributed by atoms with E-state index in [0.29, 0.717) is 12.2 Å². The molecule has 0 aromatic rings. The Labute approximate surface area is 87.6 Å². The molecule has 2 heteroatoms. The maximum Gasteiger partial charge on any atom is 0.0608 e. The number of hydrogen-bond donors (Lipinski definition) is 0. The van der Waals surface area contributed by atoms with Crippen molar-refractivity contribution in [2.24, 2.45) is 0 Å². The molecule has 2 bridgehead atoms. The fraction of sp³-hybridized carbons (Fsp3) is 1.00. The summed E-state index contributed by atoms with van der Waals surface area (Å²) in [7, 11) is 0. The summed E-state index contributed by atoms with van der Waals surface area (Å²) in [5, 5.41) is 0. The van der Waals surface area contributed by atoms with E-state index < -0.39 is 0 Å². The smallest absolute Gasteiger partial charge is 0.0608 e. The summed E-state index contributed by atoms with van der Waals surface area (Å²) >= 11 is 0. The van der Waals surface area contributed by atoms with E-state index in [-0.39, 0.29) is 0 Å². The molecule has 0 N–H and O–H groups in total. The summed E-state index contributed by atoms with van der Waals surface area (Å²) in [4.78, 5) is 2.68. The molecule has 0 spiro atoms. The fourth-order valence-corrected chi connectivity index (χ4v) is 3.24. The van der Waals surface area contributed by atoms with Gasteiger partial charge < -0.3 is 4.74 Å². The maximum absolute atomic E-state index is 5.94. The molecule has 0 radical (unpaired) electrons. The molecule has 2 aliphatic rings. The second kappa shape index (κ2) is 4.19. The number of ether oxygens (including phenoxy) is 1. The molecule has 2 heterocycles. The molecule has 2 atom stereocenters. The van der Waals surface area contributed by atoms with E-state index in [1.807, 2.05) is 0 Å². The molecule has 2 fully saturated rings. The van der Waals surface area contributed by atoms with Gasteiger partial charge in [-0.2, -0.15) is 0 Å². The van der Waals surface area contributed by atoms with Gasteiger partial charge in [0.1, 0.15) is 0 Å². The van der Waals surface area contributed by atoms with E-state index in [2.05, 4.69) is 25.7 Å². The van der Waals surface area contributed by atoms with E-state index in [9.17, 15) is 0 Å². The van der Waals surface area contributed by atoms with Crippen LogP contribution in [0.25, 0.3) is 0 Å². The first-order chi connectivity index (χ1) is 6.70. The van der Waals surface area contributed by atoms with E-state index >= 15 is 0 Å². The van der Waals surface area contributed by atoms with Gasteiger partial charge in [0.2, 0.25) is 0 Å². The lowest BCUT2D eigenvalue weighted by molar-refractivity contribution is -0.0466. The Kier molecular flexibility index (Phi) is 3.13. The number of hydrogen-bond acceptors (Lipinski definition) is 2. The van der Waals surface area contributed by atoms with Gasteiger partial charge in [-0.15, -0.1) is 0 Å². The molecule has 2 rings (SSSR count). The third-order valence-electron chi connectivity index (χ3n) is 3.67. The van der Waals surface area contributed by atoms with Crippen molar-refractivity contribution in [3.63, 3.8) is 0 Å². The summed E-state index contributed by atoms with van der Waals surface area (Å²) in [5.41, 5.74) is 0. The number of rotatable bonds is 3. The highest BCUT2D eigenvalue weighted by Crippen LogP contribution is 2.36. The molecule has 0 amide bonds. The summed E-state index contributed by atoms with van der Waals surface area (Å²) in [5.74, 6) is 0. The van der Waals surface area contributed by atoms with Crippen molar-refractivity contribution >= 4 is 0 Å². The normalized spacial score (nSPS) is 38.1. The minimum absolute atomic E-state index is 0.396. The highest BCUT2D eigenvalue weighted by atomic mass is 16.5. The van der Waals surface area contributed by atoms with Crippen molar-refractivity contribution in [3.05, 3.63) is 0 Å². The van der Waals surface area contributed by atoms with Crippen molar-refractivity contribution in [3.8, 4) is 0 Å². The number of nitrogens with zero attached hydrogens (tertiary/aromatic N) is 1. The van der Waals surface area contributed by atoms with Crippen LogP contribution in [0.4, 0.5) is 0 Å². The van der Waals surface area contributed by atoms with Crippen LogP contribution in [0.3, 0.4) is 0 Å². The highest BCUT2D eigenvalue weighted by Gasteiger charge is 2.40. The summed E-state index contributed by atoms with van der Waals surface area (Å²) in [6.07, 6.45) is 6.26. The van der Waals surface area contributed by atoms with Gasteiger partial charge >= 0.3 is 0 Å². The van der Waals surface area contributed by atoms with Crippen LogP contribution < -0.4 is 0 Å². The Balaban J connectivity index is 1.92. The number of piperidine rings is 1. The SMILES string of the molecule is CCN1C2CCC1CC(OC(C)C)C2. The molecule has 0 aliphatic carbocycles. The van der Waals surface area contributed by atoms with Gasteiger partial charge in [-0.25, -0.2) is 0 Å². The van der Waals surface area contributed by atoms with Gasteiger partial charge in [0.25, 0.3) is 0 Å². The lowest BCUT2D eigenvalue weighted by Crippen LogP contribution is -2.45. The van der Waals surface area contributed by atoms with Crippen molar-refractivity contribution in [2.75, 3.05) is 6.54 Å². The minimum Gasteiger partial charge on any atom is -0.375 e.